The highest BCUT2D eigenvalue weighted by Gasteiger charge is 2.32. The summed E-state index contributed by atoms with van der Waals surface area (Å²) in [4.78, 5) is 31.0. The Bertz CT molecular complexity index is 1320. The van der Waals surface area contributed by atoms with E-state index in [0.717, 1.165) is 59.9 Å². The van der Waals surface area contributed by atoms with Crippen LogP contribution in [0.1, 0.15) is 48.7 Å². The first-order valence-corrected chi connectivity index (χ1v) is 13.7. The van der Waals surface area contributed by atoms with Gasteiger partial charge < -0.3 is 19.5 Å². The van der Waals surface area contributed by atoms with Crippen molar-refractivity contribution in [2.24, 2.45) is 0 Å². The highest BCUT2D eigenvalue weighted by Crippen LogP contribution is 2.34. The molecule has 3 aliphatic heterocycles. The zero-order valence-corrected chi connectivity index (χ0v) is 20.9. The Morgan fingerprint density at radius 3 is 2.74 bits per heavy atom. The third-order valence-electron chi connectivity index (χ3n) is 7.33. The lowest BCUT2D eigenvalue weighted by molar-refractivity contribution is -0.132. The minimum atomic E-state index is -1.09. The fraction of sp³-hybridized carbons (Fsp3) is 0.520. The Morgan fingerprint density at radius 1 is 1.11 bits per heavy atom. The van der Waals surface area contributed by atoms with E-state index in [4.69, 9.17) is 19.4 Å². The quantitative estimate of drug-likeness (QED) is 0.590. The van der Waals surface area contributed by atoms with Crippen molar-refractivity contribution < 1.29 is 13.4 Å². The first kappa shape index (κ1) is 22.5. The second-order valence-corrected chi connectivity index (χ2v) is 11.4. The van der Waals surface area contributed by atoms with Crippen LogP contribution in [0.5, 0.6) is 0 Å². The van der Waals surface area contributed by atoms with E-state index in [1.807, 2.05) is 19.2 Å². The summed E-state index contributed by atoms with van der Waals surface area (Å²) in [5.74, 6) is 3.20. The number of nitrogens with one attached hydrogen (secondary N) is 1. The normalized spacial score (nSPS) is 23.2. The number of hydrogen-bond donors (Lipinski definition) is 1. The third-order valence-corrected chi connectivity index (χ3v) is 8.79. The summed E-state index contributed by atoms with van der Waals surface area (Å²) in [6.07, 6.45) is 3.79. The molecule has 0 bridgehead atoms. The molecule has 6 rings (SSSR count). The fourth-order valence-electron chi connectivity index (χ4n) is 5.30. The fourth-order valence-corrected chi connectivity index (χ4v) is 6.62. The lowest BCUT2D eigenvalue weighted by atomic mass is 9.97. The van der Waals surface area contributed by atoms with E-state index in [-0.39, 0.29) is 17.9 Å². The third kappa shape index (κ3) is 4.28. The number of anilines is 2. The molecular weight excluding hydrogens is 464 g/mol. The van der Waals surface area contributed by atoms with Gasteiger partial charge in [0.05, 0.1) is 16.5 Å². The van der Waals surface area contributed by atoms with Crippen LogP contribution in [0.3, 0.4) is 0 Å². The summed E-state index contributed by atoms with van der Waals surface area (Å²) in [7, 11) is 0.736. The van der Waals surface area contributed by atoms with Gasteiger partial charge in [-0.3, -0.25) is 9.00 Å². The Labute approximate surface area is 206 Å². The van der Waals surface area contributed by atoms with E-state index >= 15 is 0 Å². The number of fused-ring (bicyclic) bond motifs is 2. The first-order chi connectivity index (χ1) is 16.9. The predicted octanol–water partition coefficient (Wildman–Crippen LogP) is 3.01. The lowest BCUT2D eigenvalue weighted by Gasteiger charge is -2.32. The number of oxazole rings is 1. The van der Waals surface area contributed by atoms with E-state index in [1.165, 1.54) is 5.56 Å². The summed E-state index contributed by atoms with van der Waals surface area (Å²) in [5.41, 5.74) is 3.82. The molecule has 35 heavy (non-hydrogen) atoms. The van der Waals surface area contributed by atoms with Crippen molar-refractivity contribution >= 4 is 39.6 Å². The molecule has 184 valence electrons. The number of aryl methyl sites for hydroxylation is 2. The van der Waals surface area contributed by atoms with E-state index in [2.05, 4.69) is 23.2 Å². The molecule has 2 atom stereocenters. The SMILES string of the molecule is Cc1ccc2oc(C3CCN(c4nc5c(c(N[C@H]6CCC(=O)N(C)C6)n4)S(=O)CC5)CC3)nc2c1. The largest absolute Gasteiger partial charge is 0.440 e. The Kier molecular flexibility index (Phi) is 5.70. The van der Waals surface area contributed by atoms with Gasteiger partial charge in [0.2, 0.25) is 11.9 Å². The molecule has 5 heterocycles. The summed E-state index contributed by atoms with van der Waals surface area (Å²) < 4.78 is 18.8. The molecule has 10 heteroatoms. The molecule has 0 radical (unpaired) electrons. The predicted molar refractivity (Wildman–Crippen MR) is 134 cm³/mol. The summed E-state index contributed by atoms with van der Waals surface area (Å²) in [6, 6.07) is 6.20. The van der Waals surface area contributed by atoms with Gasteiger partial charge in [-0.15, -0.1) is 0 Å². The Balaban J connectivity index is 1.20. The van der Waals surface area contributed by atoms with Gasteiger partial charge in [-0.25, -0.2) is 9.97 Å². The highest BCUT2D eigenvalue weighted by atomic mass is 32.2. The van der Waals surface area contributed by atoms with Gasteiger partial charge in [0.15, 0.2) is 11.5 Å². The van der Waals surface area contributed by atoms with Crippen molar-refractivity contribution in [1.82, 2.24) is 19.9 Å². The average molecular weight is 495 g/mol. The number of benzene rings is 1. The second-order valence-electron chi connectivity index (χ2n) is 9.89. The first-order valence-electron chi connectivity index (χ1n) is 12.4. The zero-order valence-electron chi connectivity index (χ0n) is 20.1. The van der Waals surface area contributed by atoms with Crippen LogP contribution in [-0.4, -0.2) is 68.4 Å². The summed E-state index contributed by atoms with van der Waals surface area (Å²) >= 11 is 0. The molecule has 1 amide bonds. The van der Waals surface area contributed by atoms with Gasteiger partial charge >= 0.3 is 0 Å². The van der Waals surface area contributed by atoms with Crippen molar-refractivity contribution in [3.63, 3.8) is 0 Å². The van der Waals surface area contributed by atoms with Crippen molar-refractivity contribution in [2.75, 3.05) is 42.7 Å². The lowest BCUT2D eigenvalue weighted by Crippen LogP contribution is -2.43. The molecule has 3 aromatic rings. The number of nitrogens with zero attached hydrogens (tertiary/aromatic N) is 5. The average Bonchev–Trinajstić information content (AvgIpc) is 3.45. The maximum atomic E-state index is 12.7. The summed E-state index contributed by atoms with van der Waals surface area (Å²) in [6.45, 7) is 4.30. The van der Waals surface area contributed by atoms with E-state index in [9.17, 15) is 9.00 Å². The molecule has 1 unspecified atom stereocenters. The van der Waals surface area contributed by atoms with Gasteiger partial charge in [-0.05, 0) is 43.9 Å². The molecule has 0 spiro atoms. The van der Waals surface area contributed by atoms with Gasteiger partial charge in [-0.1, -0.05) is 6.07 Å². The molecule has 2 aromatic heterocycles. The van der Waals surface area contributed by atoms with Crippen LogP contribution < -0.4 is 10.2 Å². The van der Waals surface area contributed by atoms with Crippen LogP contribution in [0, 0.1) is 6.92 Å². The van der Waals surface area contributed by atoms with Gasteiger partial charge in [0.25, 0.3) is 0 Å². The van der Waals surface area contributed by atoms with Crippen LogP contribution in [0.15, 0.2) is 27.5 Å². The van der Waals surface area contributed by atoms with Crippen LogP contribution in [0.2, 0.25) is 0 Å². The summed E-state index contributed by atoms with van der Waals surface area (Å²) in [5, 5.41) is 3.51. The minimum Gasteiger partial charge on any atom is -0.440 e. The van der Waals surface area contributed by atoms with Crippen LogP contribution in [-0.2, 0) is 22.0 Å². The molecule has 0 saturated carbocycles. The maximum Gasteiger partial charge on any atom is 0.227 e. The van der Waals surface area contributed by atoms with E-state index in [1.54, 1.807) is 4.90 Å². The van der Waals surface area contributed by atoms with E-state index < -0.39 is 10.8 Å². The molecule has 2 saturated heterocycles. The number of hydrogen-bond acceptors (Lipinski definition) is 8. The molecular formula is C25H30N6O3S. The second kappa shape index (κ2) is 8.89. The van der Waals surface area contributed by atoms with Gasteiger partial charge in [0.1, 0.15) is 16.2 Å². The van der Waals surface area contributed by atoms with Gasteiger partial charge in [0, 0.05) is 57.2 Å². The van der Waals surface area contributed by atoms with Crippen LogP contribution in [0.25, 0.3) is 11.1 Å². The smallest absolute Gasteiger partial charge is 0.227 e. The number of piperidine rings is 2. The molecule has 3 aliphatic rings. The van der Waals surface area contributed by atoms with Crippen LogP contribution in [0.4, 0.5) is 11.8 Å². The number of amides is 1. The minimum absolute atomic E-state index is 0.0932. The molecule has 1 N–H and O–H groups in total. The van der Waals surface area contributed by atoms with E-state index in [0.29, 0.717) is 36.9 Å². The van der Waals surface area contributed by atoms with Crippen molar-refractivity contribution in [3.05, 3.63) is 35.3 Å². The number of carbonyl (C=O) groups is 1. The van der Waals surface area contributed by atoms with Crippen molar-refractivity contribution in [1.29, 1.82) is 0 Å². The van der Waals surface area contributed by atoms with Gasteiger partial charge in [-0.2, -0.15) is 4.98 Å². The van der Waals surface area contributed by atoms with Crippen LogP contribution >= 0.6 is 0 Å². The monoisotopic (exact) mass is 494 g/mol. The van der Waals surface area contributed by atoms with Crippen molar-refractivity contribution in [2.45, 2.75) is 55.9 Å². The van der Waals surface area contributed by atoms with Crippen molar-refractivity contribution in [3.8, 4) is 0 Å². The molecule has 0 aliphatic carbocycles. The molecule has 9 nitrogen and oxygen atoms in total. The Morgan fingerprint density at radius 2 is 1.94 bits per heavy atom. The molecule has 2 fully saturated rings. The number of carbonyl (C=O) groups excluding carboxylic acids is 1. The standard InChI is InChI=1S/C25H30N6O3S/c1-15-3-5-20-19(13-15)27-24(34-20)16-7-10-31(11-8-16)25-28-18-9-12-35(33)22(18)23(29-25)26-17-4-6-21(32)30(2)14-17/h3,5,13,16-17H,4,6-12,14H2,1-2H3,(H,26,28,29)/t17-,35?/m0/s1. The topological polar surface area (TPSA) is 104 Å². The zero-order chi connectivity index (χ0) is 24.1. The maximum absolute atomic E-state index is 12.7. The number of rotatable bonds is 4. The highest BCUT2D eigenvalue weighted by molar-refractivity contribution is 7.85. The molecule has 1 aromatic carbocycles. The number of likely N-dealkylation sites (tertiary alicyclic amines) is 1. The number of aromatic nitrogens is 3. The Hall–Kier alpha value is -3.01. The number of likely N-dealkylation sites (N-methyl/N-ethyl adjacent to an activating group) is 1.